The third-order valence-electron chi connectivity index (χ3n) is 5.47. The smallest absolute Gasteiger partial charge is 0.247 e. The fourth-order valence-electron chi connectivity index (χ4n) is 3.96. The minimum Gasteiger partial charge on any atom is -0.486 e. The molecule has 2 aromatic carbocycles. The highest BCUT2D eigenvalue weighted by Crippen LogP contribution is 2.35. The third kappa shape index (κ3) is 4.71. The van der Waals surface area contributed by atoms with Crippen LogP contribution in [-0.4, -0.2) is 52.9 Å². The van der Waals surface area contributed by atoms with Crippen LogP contribution in [-0.2, 0) is 14.8 Å². The van der Waals surface area contributed by atoms with Gasteiger partial charge in [-0.15, -0.1) is 0 Å². The van der Waals surface area contributed by atoms with Gasteiger partial charge in [-0.2, -0.15) is 0 Å². The predicted octanol–water partition coefficient (Wildman–Crippen LogP) is 2.85. The molecule has 166 valence electrons. The van der Waals surface area contributed by atoms with Crippen LogP contribution >= 0.6 is 0 Å². The number of rotatable bonds is 6. The van der Waals surface area contributed by atoms with E-state index in [1.807, 2.05) is 24.3 Å². The number of fused-ring (bicyclic) bond motifs is 1. The molecule has 2 aliphatic heterocycles. The van der Waals surface area contributed by atoms with Gasteiger partial charge >= 0.3 is 0 Å². The van der Waals surface area contributed by atoms with Crippen LogP contribution in [0.4, 0.5) is 17.1 Å². The number of amides is 1. The number of hydrogen-bond acceptors (Lipinski definition) is 6. The van der Waals surface area contributed by atoms with E-state index < -0.39 is 22.0 Å². The van der Waals surface area contributed by atoms with Crippen molar-refractivity contribution in [1.82, 2.24) is 0 Å². The van der Waals surface area contributed by atoms with Crippen LogP contribution in [0.2, 0.25) is 0 Å². The zero-order chi connectivity index (χ0) is 22.0. The molecular weight excluding hydrogens is 418 g/mol. The van der Waals surface area contributed by atoms with Gasteiger partial charge in [0.15, 0.2) is 11.5 Å². The molecule has 1 saturated heterocycles. The topological polar surface area (TPSA) is 88.2 Å². The molecule has 1 N–H and O–H groups in total. The van der Waals surface area contributed by atoms with E-state index in [1.54, 1.807) is 25.1 Å². The van der Waals surface area contributed by atoms with Gasteiger partial charge in [0.25, 0.3) is 0 Å². The van der Waals surface area contributed by atoms with Crippen molar-refractivity contribution in [2.45, 2.75) is 25.8 Å². The van der Waals surface area contributed by atoms with Crippen molar-refractivity contribution in [2.75, 3.05) is 47.1 Å². The van der Waals surface area contributed by atoms with Gasteiger partial charge in [-0.05, 0) is 56.2 Å². The van der Waals surface area contributed by atoms with Gasteiger partial charge in [-0.1, -0.05) is 0 Å². The molecule has 2 aliphatic rings. The number of nitrogens with one attached hydrogen (secondary N) is 1. The normalized spacial score (nSPS) is 16.6. The summed E-state index contributed by atoms with van der Waals surface area (Å²) >= 11 is 0. The van der Waals surface area contributed by atoms with Crippen molar-refractivity contribution in [3.63, 3.8) is 0 Å². The molecular formula is C22H27N3O5S. The summed E-state index contributed by atoms with van der Waals surface area (Å²) in [7, 11) is -3.73. The highest BCUT2D eigenvalue weighted by Gasteiger charge is 2.30. The van der Waals surface area contributed by atoms with Crippen LogP contribution in [0.5, 0.6) is 11.5 Å². The molecule has 0 unspecified atom stereocenters. The molecule has 0 spiro atoms. The monoisotopic (exact) mass is 445 g/mol. The molecule has 1 fully saturated rings. The molecule has 9 heteroatoms. The van der Waals surface area contributed by atoms with E-state index in [4.69, 9.17) is 9.47 Å². The molecule has 8 nitrogen and oxygen atoms in total. The molecule has 2 aromatic rings. The molecule has 1 amide bonds. The van der Waals surface area contributed by atoms with Crippen molar-refractivity contribution >= 4 is 33.0 Å². The Balaban J connectivity index is 1.52. The van der Waals surface area contributed by atoms with E-state index in [0.29, 0.717) is 36.1 Å². The fourth-order valence-corrected chi connectivity index (χ4v) is 5.12. The van der Waals surface area contributed by atoms with Gasteiger partial charge in [-0.25, -0.2) is 8.42 Å². The summed E-state index contributed by atoms with van der Waals surface area (Å²) in [5.41, 5.74) is 2.09. The van der Waals surface area contributed by atoms with Crippen LogP contribution in [0, 0.1) is 0 Å². The van der Waals surface area contributed by atoms with E-state index >= 15 is 0 Å². The molecule has 0 radical (unpaired) electrons. The number of ether oxygens (including phenoxy) is 2. The van der Waals surface area contributed by atoms with E-state index in [2.05, 4.69) is 10.2 Å². The van der Waals surface area contributed by atoms with Crippen molar-refractivity contribution < 1.29 is 22.7 Å². The van der Waals surface area contributed by atoms with E-state index in [1.165, 1.54) is 12.8 Å². The first kappa shape index (κ1) is 21.3. The van der Waals surface area contributed by atoms with Crippen molar-refractivity contribution in [3.8, 4) is 11.5 Å². The number of carbonyl (C=O) groups excluding carboxylic acids is 1. The van der Waals surface area contributed by atoms with Gasteiger partial charge in [0.05, 0.1) is 11.9 Å². The van der Waals surface area contributed by atoms with E-state index in [9.17, 15) is 13.2 Å². The Hall–Kier alpha value is -2.94. The number of hydrogen-bond donors (Lipinski definition) is 1. The van der Waals surface area contributed by atoms with Gasteiger partial charge in [0.2, 0.25) is 15.9 Å². The van der Waals surface area contributed by atoms with Crippen LogP contribution in [0.25, 0.3) is 0 Å². The quantitative estimate of drug-likeness (QED) is 0.736. The Morgan fingerprint density at radius 2 is 1.68 bits per heavy atom. The second-order valence-corrected chi connectivity index (χ2v) is 9.65. The average Bonchev–Trinajstić information content (AvgIpc) is 3.28. The number of carbonyl (C=O) groups is 1. The molecule has 0 saturated carbocycles. The minimum atomic E-state index is -3.73. The first-order valence-corrected chi connectivity index (χ1v) is 12.2. The molecule has 0 bridgehead atoms. The fraction of sp³-hybridized carbons (Fsp3) is 0.409. The van der Waals surface area contributed by atoms with Crippen LogP contribution < -0.4 is 24.0 Å². The Labute approximate surface area is 182 Å². The molecule has 1 atom stereocenters. The Morgan fingerprint density at radius 3 is 2.32 bits per heavy atom. The molecule has 31 heavy (non-hydrogen) atoms. The lowest BCUT2D eigenvalue weighted by atomic mass is 10.2. The first-order valence-electron chi connectivity index (χ1n) is 10.4. The number of sulfonamides is 1. The second kappa shape index (κ2) is 8.66. The zero-order valence-electron chi connectivity index (χ0n) is 17.7. The van der Waals surface area contributed by atoms with E-state index in [0.717, 1.165) is 29.3 Å². The zero-order valence-corrected chi connectivity index (χ0v) is 18.5. The lowest BCUT2D eigenvalue weighted by Crippen LogP contribution is -2.45. The molecule has 0 aromatic heterocycles. The number of anilines is 3. The highest BCUT2D eigenvalue weighted by atomic mass is 32.2. The Bertz CT molecular complexity index is 1050. The van der Waals surface area contributed by atoms with Gasteiger partial charge in [0, 0.05) is 30.5 Å². The summed E-state index contributed by atoms with van der Waals surface area (Å²) in [4.78, 5) is 15.2. The number of benzene rings is 2. The second-order valence-electron chi connectivity index (χ2n) is 7.79. The molecule has 2 heterocycles. The maximum absolute atomic E-state index is 12.9. The van der Waals surface area contributed by atoms with Crippen LogP contribution in [0.3, 0.4) is 0 Å². The summed E-state index contributed by atoms with van der Waals surface area (Å²) in [6.45, 7) is 4.48. The van der Waals surface area contributed by atoms with Crippen LogP contribution in [0.15, 0.2) is 42.5 Å². The largest absolute Gasteiger partial charge is 0.486 e. The standard InChI is InChI=1S/C22H27N3O5S/c1-16(22(26)23-17-5-7-18(8-6-17)24-11-3-4-12-24)25(31(2,27)28)19-9-10-20-21(15-19)30-14-13-29-20/h5-10,15-16H,3-4,11-14H2,1-2H3,(H,23,26)/t16-/m0/s1. The van der Waals surface area contributed by atoms with E-state index in [-0.39, 0.29) is 0 Å². The highest BCUT2D eigenvalue weighted by molar-refractivity contribution is 7.92. The summed E-state index contributed by atoms with van der Waals surface area (Å²) in [6, 6.07) is 11.5. The summed E-state index contributed by atoms with van der Waals surface area (Å²) in [6.07, 6.45) is 3.47. The summed E-state index contributed by atoms with van der Waals surface area (Å²) in [5.74, 6) is 0.593. The van der Waals surface area contributed by atoms with Crippen molar-refractivity contribution in [1.29, 1.82) is 0 Å². The van der Waals surface area contributed by atoms with Gasteiger partial charge in [-0.3, -0.25) is 9.10 Å². The Kier molecular flexibility index (Phi) is 5.95. The maximum Gasteiger partial charge on any atom is 0.247 e. The van der Waals surface area contributed by atoms with Crippen molar-refractivity contribution in [3.05, 3.63) is 42.5 Å². The lowest BCUT2D eigenvalue weighted by molar-refractivity contribution is -0.116. The van der Waals surface area contributed by atoms with Crippen LogP contribution in [0.1, 0.15) is 19.8 Å². The summed E-state index contributed by atoms with van der Waals surface area (Å²) < 4.78 is 37.3. The summed E-state index contributed by atoms with van der Waals surface area (Å²) in [5, 5.41) is 2.82. The number of nitrogens with zero attached hydrogens (tertiary/aromatic N) is 2. The average molecular weight is 446 g/mol. The first-order chi connectivity index (χ1) is 14.8. The third-order valence-corrected chi connectivity index (χ3v) is 6.72. The Morgan fingerprint density at radius 1 is 1.03 bits per heavy atom. The molecule has 4 rings (SSSR count). The van der Waals surface area contributed by atoms with Gasteiger partial charge < -0.3 is 19.7 Å². The van der Waals surface area contributed by atoms with Gasteiger partial charge in [0.1, 0.15) is 19.3 Å². The van der Waals surface area contributed by atoms with Crippen molar-refractivity contribution in [2.24, 2.45) is 0 Å². The predicted molar refractivity (Wildman–Crippen MR) is 121 cm³/mol. The molecule has 0 aliphatic carbocycles. The minimum absolute atomic E-state index is 0.346. The lowest BCUT2D eigenvalue weighted by Gasteiger charge is -2.29. The SMILES string of the molecule is C[C@@H](C(=O)Nc1ccc(N2CCCC2)cc1)N(c1ccc2c(c1)OCCO2)S(C)(=O)=O. The maximum atomic E-state index is 12.9.